The van der Waals surface area contributed by atoms with Crippen LogP contribution in [0.4, 0.5) is 0 Å². The highest BCUT2D eigenvalue weighted by Crippen LogP contribution is 2.32. The predicted octanol–water partition coefficient (Wildman–Crippen LogP) is 1.89. The van der Waals surface area contributed by atoms with Gasteiger partial charge in [-0.15, -0.1) is 0 Å². The van der Waals surface area contributed by atoms with E-state index in [0.29, 0.717) is 23.0 Å². The van der Waals surface area contributed by atoms with Gasteiger partial charge in [-0.25, -0.2) is 13.1 Å². The first-order valence-corrected chi connectivity index (χ1v) is 8.98. The van der Waals surface area contributed by atoms with Crippen LogP contribution in [-0.4, -0.2) is 25.0 Å². The molecule has 25 heavy (non-hydrogen) atoms. The van der Waals surface area contributed by atoms with Crippen molar-refractivity contribution in [3.05, 3.63) is 48.2 Å². The number of aromatic nitrogens is 2. The van der Waals surface area contributed by atoms with Crippen LogP contribution >= 0.6 is 0 Å². The molecule has 1 aliphatic rings. The Kier molecular flexibility index (Phi) is 3.74. The number of fused-ring (bicyclic) bond motifs is 1. The van der Waals surface area contributed by atoms with E-state index < -0.39 is 10.0 Å². The van der Waals surface area contributed by atoms with Gasteiger partial charge in [-0.2, -0.15) is 5.10 Å². The van der Waals surface area contributed by atoms with Crippen LogP contribution in [0.2, 0.25) is 0 Å². The van der Waals surface area contributed by atoms with E-state index in [1.54, 1.807) is 48.3 Å². The highest BCUT2D eigenvalue weighted by molar-refractivity contribution is 7.89. The molecule has 0 saturated carbocycles. The summed E-state index contributed by atoms with van der Waals surface area (Å²) in [6, 6.07) is 10.0. The van der Waals surface area contributed by atoms with Gasteiger partial charge in [0, 0.05) is 19.8 Å². The van der Waals surface area contributed by atoms with E-state index in [0.717, 1.165) is 5.56 Å². The van der Waals surface area contributed by atoms with Gasteiger partial charge in [-0.1, -0.05) is 6.07 Å². The Bertz CT molecular complexity index is 1020. The lowest BCUT2D eigenvalue weighted by atomic mass is 10.2. The second kappa shape index (κ2) is 5.94. The number of nitrogens with one attached hydrogen (secondary N) is 1. The zero-order chi connectivity index (χ0) is 17.4. The Morgan fingerprint density at radius 1 is 1.16 bits per heavy atom. The van der Waals surface area contributed by atoms with E-state index in [1.807, 2.05) is 0 Å². The Balaban J connectivity index is 1.49. The number of sulfonamides is 1. The highest BCUT2D eigenvalue weighted by atomic mass is 32.2. The fourth-order valence-electron chi connectivity index (χ4n) is 2.45. The van der Waals surface area contributed by atoms with Crippen LogP contribution in [0.15, 0.2) is 52.1 Å². The van der Waals surface area contributed by atoms with Crippen molar-refractivity contribution in [1.29, 1.82) is 0 Å². The normalized spacial score (nSPS) is 13.3. The summed E-state index contributed by atoms with van der Waals surface area (Å²) in [5.41, 5.74) is 1.32. The first kappa shape index (κ1) is 15.7. The molecule has 0 fully saturated rings. The molecule has 0 amide bonds. The SMILES string of the molecule is Cn1ccc(-c2ccc(S(=O)(=O)NCc3ccc4c(c3)OCO4)o2)n1. The minimum absolute atomic E-state index is 0.110. The lowest BCUT2D eigenvalue weighted by molar-refractivity contribution is 0.174. The number of benzene rings is 1. The number of nitrogens with zero attached hydrogens (tertiary/aromatic N) is 2. The molecule has 3 aromatic rings. The minimum Gasteiger partial charge on any atom is -0.454 e. The summed E-state index contributed by atoms with van der Waals surface area (Å²) in [5, 5.41) is 4.03. The van der Waals surface area contributed by atoms with Crippen molar-refractivity contribution >= 4 is 10.0 Å². The number of aryl methyl sites for hydroxylation is 1. The molecule has 1 N–H and O–H groups in total. The van der Waals surface area contributed by atoms with E-state index in [9.17, 15) is 8.42 Å². The molecular formula is C16H15N3O5S. The lowest BCUT2D eigenvalue weighted by Crippen LogP contribution is -2.22. The fraction of sp³-hybridized carbons (Fsp3) is 0.188. The monoisotopic (exact) mass is 361 g/mol. The summed E-state index contributed by atoms with van der Waals surface area (Å²) in [6.07, 6.45) is 1.75. The number of ether oxygens (including phenoxy) is 2. The number of rotatable bonds is 5. The van der Waals surface area contributed by atoms with Gasteiger partial charge in [0.05, 0.1) is 0 Å². The molecule has 0 radical (unpaired) electrons. The topological polar surface area (TPSA) is 95.6 Å². The Hall–Kier alpha value is -2.78. The Morgan fingerprint density at radius 3 is 2.80 bits per heavy atom. The van der Waals surface area contributed by atoms with Crippen LogP contribution in [0.25, 0.3) is 11.5 Å². The summed E-state index contributed by atoms with van der Waals surface area (Å²) in [7, 11) is -2.00. The smallest absolute Gasteiger partial charge is 0.274 e. The quantitative estimate of drug-likeness (QED) is 0.746. The molecule has 0 unspecified atom stereocenters. The molecule has 130 valence electrons. The zero-order valence-electron chi connectivity index (χ0n) is 13.3. The van der Waals surface area contributed by atoms with E-state index in [2.05, 4.69) is 9.82 Å². The molecule has 1 aliphatic heterocycles. The summed E-state index contributed by atoms with van der Waals surface area (Å²) >= 11 is 0. The first-order valence-electron chi connectivity index (χ1n) is 7.49. The van der Waals surface area contributed by atoms with Gasteiger partial charge < -0.3 is 13.9 Å². The van der Waals surface area contributed by atoms with Crippen LogP contribution < -0.4 is 14.2 Å². The molecule has 0 saturated heterocycles. The molecule has 0 atom stereocenters. The van der Waals surface area contributed by atoms with Gasteiger partial charge in [-0.05, 0) is 35.9 Å². The van der Waals surface area contributed by atoms with E-state index in [-0.39, 0.29) is 18.4 Å². The zero-order valence-corrected chi connectivity index (χ0v) is 14.1. The van der Waals surface area contributed by atoms with Crippen LogP contribution in [0.1, 0.15) is 5.56 Å². The summed E-state index contributed by atoms with van der Waals surface area (Å²) < 4.78 is 44.9. The molecule has 0 aliphatic carbocycles. The second-order valence-corrected chi connectivity index (χ2v) is 7.20. The van der Waals surface area contributed by atoms with Crippen LogP contribution in [0, 0.1) is 0 Å². The Morgan fingerprint density at radius 2 is 2.00 bits per heavy atom. The largest absolute Gasteiger partial charge is 0.454 e. The summed E-state index contributed by atoms with van der Waals surface area (Å²) in [4.78, 5) is 0. The lowest BCUT2D eigenvalue weighted by Gasteiger charge is -2.05. The molecule has 0 spiro atoms. The Labute approximate surface area is 144 Å². The van der Waals surface area contributed by atoms with Crippen molar-refractivity contribution in [1.82, 2.24) is 14.5 Å². The number of furan rings is 1. The van der Waals surface area contributed by atoms with Gasteiger partial charge in [0.2, 0.25) is 11.9 Å². The third-order valence-electron chi connectivity index (χ3n) is 3.72. The van der Waals surface area contributed by atoms with Gasteiger partial charge in [-0.3, -0.25) is 4.68 Å². The van der Waals surface area contributed by atoms with Gasteiger partial charge >= 0.3 is 0 Å². The molecule has 0 bridgehead atoms. The first-order chi connectivity index (χ1) is 12.0. The average molecular weight is 361 g/mol. The third kappa shape index (κ3) is 3.11. The van der Waals surface area contributed by atoms with E-state index in [1.165, 1.54) is 6.07 Å². The molecule has 8 nitrogen and oxygen atoms in total. The number of hydrogen-bond donors (Lipinski definition) is 1. The standard InChI is InChI=1S/C16H15N3O5S/c1-19-7-6-12(18-19)13-4-5-16(24-13)25(20,21)17-9-11-2-3-14-15(8-11)23-10-22-14/h2-8,17H,9-10H2,1H3. The minimum atomic E-state index is -3.78. The van der Waals surface area contributed by atoms with Gasteiger partial charge in [0.25, 0.3) is 10.0 Å². The highest BCUT2D eigenvalue weighted by Gasteiger charge is 2.20. The third-order valence-corrected chi connectivity index (χ3v) is 4.99. The average Bonchev–Trinajstić information content (AvgIpc) is 3.32. The molecule has 3 heterocycles. The predicted molar refractivity (Wildman–Crippen MR) is 87.5 cm³/mol. The maximum atomic E-state index is 12.4. The molecule has 1 aromatic carbocycles. The van der Waals surface area contributed by atoms with Gasteiger partial charge in [0.15, 0.2) is 17.3 Å². The van der Waals surface area contributed by atoms with Crippen LogP contribution in [0.5, 0.6) is 11.5 Å². The van der Waals surface area contributed by atoms with Crippen LogP contribution in [-0.2, 0) is 23.6 Å². The maximum absolute atomic E-state index is 12.4. The number of hydrogen-bond acceptors (Lipinski definition) is 6. The van der Waals surface area contributed by atoms with Crippen LogP contribution in [0.3, 0.4) is 0 Å². The van der Waals surface area contributed by atoms with Crippen molar-refractivity contribution in [2.24, 2.45) is 7.05 Å². The summed E-state index contributed by atoms with van der Waals surface area (Å²) in [5.74, 6) is 1.65. The molecular weight excluding hydrogens is 346 g/mol. The molecule has 4 rings (SSSR count). The van der Waals surface area contributed by atoms with Crippen molar-refractivity contribution in [3.63, 3.8) is 0 Å². The van der Waals surface area contributed by atoms with Crippen molar-refractivity contribution in [3.8, 4) is 23.0 Å². The van der Waals surface area contributed by atoms with Gasteiger partial charge in [0.1, 0.15) is 5.69 Å². The maximum Gasteiger partial charge on any atom is 0.274 e. The van der Waals surface area contributed by atoms with Crippen molar-refractivity contribution < 1.29 is 22.3 Å². The second-order valence-electron chi connectivity index (χ2n) is 5.51. The van der Waals surface area contributed by atoms with E-state index in [4.69, 9.17) is 13.9 Å². The van der Waals surface area contributed by atoms with Crippen molar-refractivity contribution in [2.75, 3.05) is 6.79 Å². The summed E-state index contributed by atoms with van der Waals surface area (Å²) in [6.45, 7) is 0.284. The van der Waals surface area contributed by atoms with Crippen molar-refractivity contribution in [2.45, 2.75) is 11.6 Å². The molecule has 2 aromatic heterocycles. The molecule has 9 heteroatoms. The van der Waals surface area contributed by atoms with E-state index >= 15 is 0 Å². The fourth-order valence-corrected chi connectivity index (χ4v) is 3.39.